The molecule has 4 aromatic rings. The summed E-state index contributed by atoms with van der Waals surface area (Å²) in [6.07, 6.45) is 1.19. The molecule has 5 heteroatoms. The summed E-state index contributed by atoms with van der Waals surface area (Å²) < 4.78 is 0. The number of rotatable bonds is 3. The molecule has 0 spiro atoms. The van der Waals surface area contributed by atoms with Crippen LogP contribution in [-0.4, -0.2) is 8.07 Å². The largest absolute Gasteiger partial charge is 3.00 e. The third-order valence-electron chi connectivity index (χ3n) is 7.91. The molecule has 0 amide bonds. The van der Waals surface area contributed by atoms with E-state index in [0.29, 0.717) is 5.92 Å². The van der Waals surface area contributed by atoms with E-state index in [9.17, 15) is 0 Å². The standard InChI is InChI=1S/C20H21.C11H14SSi.2ClH.Zr/c1-4-15(3)16-8-10-17(11-9-16)19-7-5-6-18-12-14(2)13-20(18)19;1-6-5-8-9(12-6)11-7(2)10(8)13(11,3)4;;;/h5-13,15H,4H2,1-3H3;5,10H,1-4H3;2*1H;/q-1;;;;+3/p-2. The van der Waals surface area contributed by atoms with E-state index in [1.165, 1.54) is 44.3 Å². The molecule has 36 heavy (non-hydrogen) atoms. The van der Waals surface area contributed by atoms with Crippen LogP contribution in [0, 0.1) is 13.8 Å². The Bertz CT molecular complexity index is 1380. The van der Waals surface area contributed by atoms with Gasteiger partial charge < -0.3 is 24.8 Å². The van der Waals surface area contributed by atoms with Crippen LogP contribution < -0.4 is 24.8 Å². The Balaban J connectivity index is 0.000000250. The van der Waals surface area contributed by atoms with E-state index in [1.54, 1.807) is 21.2 Å². The zero-order valence-electron chi connectivity index (χ0n) is 22.3. The minimum Gasteiger partial charge on any atom is -1.00 e. The van der Waals surface area contributed by atoms with E-state index < -0.39 is 8.07 Å². The molecule has 0 saturated heterocycles. The molecule has 2 unspecified atom stereocenters. The first-order chi connectivity index (χ1) is 15.7. The molecular weight excluding hydrogens is 595 g/mol. The first-order valence-corrected chi connectivity index (χ1v) is 16.2. The average molecular weight is 630 g/mol. The summed E-state index contributed by atoms with van der Waals surface area (Å²) >= 11 is 2.01. The van der Waals surface area contributed by atoms with Gasteiger partial charge in [-0.3, -0.25) is 0 Å². The van der Waals surface area contributed by atoms with Crippen molar-refractivity contribution in [2.45, 2.75) is 65.6 Å². The SMILES string of the molecule is CC1=C2c3sc(C)cc3C1[Si]2(C)C.CCC(C)c1ccc(-c2cccc3[cH-]c(C)cc23)cc1.[Cl-].[Cl-].[Zr+3]. The van der Waals surface area contributed by atoms with E-state index in [2.05, 4.69) is 108 Å². The Labute approximate surface area is 253 Å². The molecule has 2 bridgehead atoms. The number of hydrogen-bond acceptors (Lipinski definition) is 1. The second-order valence-corrected chi connectivity index (χ2v) is 16.4. The number of allylic oxidation sites excluding steroid dienone is 1. The number of aryl methyl sites for hydroxylation is 2. The van der Waals surface area contributed by atoms with Crippen LogP contribution in [0.25, 0.3) is 27.1 Å². The summed E-state index contributed by atoms with van der Waals surface area (Å²) in [6.45, 7) is 16.3. The van der Waals surface area contributed by atoms with Gasteiger partial charge in [-0.2, -0.15) is 6.07 Å². The van der Waals surface area contributed by atoms with Crippen molar-refractivity contribution in [1.82, 2.24) is 0 Å². The zero-order chi connectivity index (χ0) is 23.5. The van der Waals surface area contributed by atoms with Gasteiger partial charge in [0.05, 0.1) is 8.07 Å². The summed E-state index contributed by atoms with van der Waals surface area (Å²) in [5, 5.41) is 4.48. The second kappa shape index (κ2) is 11.9. The molecular formula is C31H35Cl2SSiZr. The van der Waals surface area contributed by atoms with Gasteiger partial charge in [0, 0.05) is 15.3 Å². The van der Waals surface area contributed by atoms with Crippen LogP contribution in [0.4, 0.5) is 0 Å². The molecule has 1 radical (unpaired) electrons. The summed E-state index contributed by atoms with van der Waals surface area (Å²) in [6, 6.07) is 22.6. The molecule has 187 valence electrons. The molecule has 1 aliphatic carbocycles. The van der Waals surface area contributed by atoms with Gasteiger partial charge in [0.1, 0.15) is 0 Å². The topological polar surface area (TPSA) is 0 Å². The summed E-state index contributed by atoms with van der Waals surface area (Å²) in [7, 11) is -0.995. The fourth-order valence-electron chi connectivity index (χ4n) is 6.16. The third-order valence-corrected chi connectivity index (χ3v) is 13.3. The second-order valence-electron chi connectivity index (χ2n) is 10.6. The molecule has 1 aromatic heterocycles. The van der Waals surface area contributed by atoms with Crippen LogP contribution in [0.3, 0.4) is 0 Å². The van der Waals surface area contributed by atoms with Crippen LogP contribution in [-0.2, 0) is 26.2 Å². The molecule has 0 N–H and O–H groups in total. The maximum absolute atomic E-state index is 2.52. The average Bonchev–Trinajstić information content (AvgIpc) is 3.47. The van der Waals surface area contributed by atoms with Crippen LogP contribution in [0.5, 0.6) is 0 Å². The van der Waals surface area contributed by atoms with Gasteiger partial charge in [-0.05, 0) is 54.1 Å². The number of halogens is 2. The number of hydrogen-bond donors (Lipinski definition) is 0. The monoisotopic (exact) mass is 627 g/mol. The first kappa shape index (κ1) is 31.4. The van der Waals surface area contributed by atoms with Crippen molar-refractivity contribution in [3.8, 4) is 11.1 Å². The number of benzene rings is 2. The van der Waals surface area contributed by atoms with Crippen molar-refractivity contribution in [2.24, 2.45) is 0 Å². The molecule has 7 rings (SSSR count). The van der Waals surface area contributed by atoms with Crippen molar-refractivity contribution >= 4 is 35.4 Å². The molecule has 3 heterocycles. The van der Waals surface area contributed by atoms with Crippen molar-refractivity contribution in [2.75, 3.05) is 0 Å². The Kier molecular flexibility index (Phi) is 10.4. The van der Waals surface area contributed by atoms with Gasteiger partial charge in [-0.25, -0.2) is 0 Å². The summed E-state index contributed by atoms with van der Waals surface area (Å²) in [4.78, 5) is 3.14. The van der Waals surface area contributed by atoms with E-state index in [1.807, 2.05) is 11.3 Å². The molecule has 0 nitrogen and oxygen atoms in total. The van der Waals surface area contributed by atoms with Crippen LogP contribution >= 0.6 is 11.3 Å². The van der Waals surface area contributed by atoms with Gasteiger partial charge in [0.25, 0.3) is 0 Å². The van der Waals surface area contributed by atoms with Gasteiger partial charge in [-0.15, -0.1) is 45.9 Å². The number of thiophene rings is 1. The predicted molar refractivity (Wildman–Crippen MR) is 150 cm³/mol. The molecule has 2 aliphatic heterocycles. The zero-order valence-corrected chi connectivity index (χ0v) is 28.1. The van der Waals surface area contributed by atoms with Gasteiger partial charge in [0.15, 0.2) is 0 Å². The van der Waals surface area contributed by atoms with Crippen molar-refractivity contribution < 1.29 is 51.0 Å². The smallest absolute Gasteiger partial charge is 1.00 e. The van der Waals surface area contributed by atoms with E-state index in [-0.39, 0.29) is 51.0 Å². The summed E-state index contributed by atoms with van der Waals surface area (Å²) in [5.41, 5.74) is 9.66. The van der Waals surface area contributed by atoms with E-state index in [0.717, 1.165) is 5.54 Å². The van der Waals surface area contributed by atoms with Crippen LogP contribution in [0.1, 0.15) is 65.1 Å². The minimum absolute atomic E-state index is 0. The van der Waals surface area contributed by atoms with Crippen molar-refractivity contribution in [1.29, 1.82) is 0 Å². The van der Waals surface area contributed by atoms with Gasteiger partial charge >= 0.3 is 26.2 Å². The van der Waals surface area contributed by atoms with Crippen LogP contribution in [0.15, 0.2) is 66.2 Å². The quantitative estimate of drug-likeness (QED) is 0.239. The molecule has 0 fully saturated rings. The van der Waals surface area contributed by atoms with Gasteiger partial charge in [0.2, 0.25) is 0 Å². The van der Waals surface area contributed by atoms with E-state index >= 15 is 0 Å². The van der Waals surface area contributed by atoms with Gasteiger partial charge in [-0.1, -0.05) is 75.3 Å². The Morgan fingerprint density at radius 1 is 0.972 bits per heavy atom. The first-order valence-electron chi connectivity index (χ1n) is 12.3. The van der Waals surface area contributed by atoms with Crippen LogP contribution in [0.2, 0.25) is 13.1 Å². The Hall–Kier alpha value is -0.830. The molecule has 3 aliphatic rings. The molecule has 3 aromatic carbocycles. The molecule has 2 atom stereocenters. The Morgan fingerprint density at radius 2 is 1.64 bits per heavy atom. The molecule has 0 saturated carbocycles. The minimum atomic E-state index is -0.995. The normalized spacial score (nSPS) is 17.0. The number of fused-ring (bicyclic) bond motifs is 1. The predicted octanol–water partition coefficient (Wildman–Crippen LogP) is 3.78. The maximum Gasteiger partial charge on any atom is 3.00 e. The van der Waals surface area contributed by atoms with Crippen molar-refractivity contribution in [3.05, 3.63) is 92.7 Å². The third kappa shape index (κ3) is 5.21. The Morgan fingerprint density at radius 3 is 2.22 bits per heavy atom. The van der Waals surface area contributed by atoms with E-state index in [4.69, 9.17) is 0 Å². The fraction of sp³-hybridized carbons (Fsp3) is 0.323. The fourth-order valence-corrected chi connectivity index (χ4v) is 12.5. The maximum atomic E-state index is 2.52. The van der Waals surface area contributed by atoms with Crippen molar-refractivity contribution in [3.63, 3.8) is 0 Å². The summed E-state index contributed by atoms with van der Waals surface area (Å²) in [5.74, 6) is 0.640.